The maximum absolute atomic E-state index is 13.2. The van der Waals surface area contributed by atoms with Crippen LogP contribution in [0, 0.1) is 0 Å². The first kappa shape index (κ1) is 19.7. The van der Waals surface area contributed by atoms with Crippen molar-refractivity contribution in [1.82, 2.24) is 15.5 Å². The molecule has 2 aliphatic rings. The molecule has 1 heterocycles. The second-order valence-corrected chi connectivity index (χ2v) is 8.09. The van der Waals surface area contributed by atoms with Crippen molar-refractivity contribution in [3.05, 3.63) is 69.2 Å². The fourth-order valence-electron chi connectivity index (χ4n) is 4.01. The van der Waals surface area contributed by atoms with Crippen molar-refractivity contribution >= 4 is 41.0 Å². The maximum Gasteiger partial charge on any atom is 0.325 e. The molecule has 0 aromatic heterocycles. The molecule has 2 aromatic carbocycles. The van der Waals surface area contributed by atoms with Crippen molar-refractivity contribution in [3.63, 3.8) is 0 Å². The minimum atomic E-state index is -1.08. The summed E-state index contributed by atoms with van der Waals surface area (Å²) in [5.41, 5.74) is 1.49. The number of urea groups is 1. The molecule has 0 bridgehead atoms. The molecule has 0 saturated carbocycles. The van der Waals surface area contributed by atoms with E-state index in [1.54, 1.807) is 18.2 Å². The zero-order valence-corrected chi connectivity index (χ0v) is 17.0. The number of rotatable bonds is 4. The van der Waals surface area contributed by atoms with Gasteiger partial charge in [-0.05, 0) is 48.1 Å². The van der Waals surface area contributed by atoms with Gasteiger partial charge in [0.15, 0.2) is 0 Å². The fraction of sp³-hybridized carbons (Fsp3) is 0.286. The van der Waals surface area contributed by atoms with Crippen LogP contribution in [0.3, 0.4) is 0 Å². The van der Waals surface area contributed by atoms with E-state index in [0.29, 0.717) is 22.0 Å². The third-order valence-electron chi connectivity index (χ3n) is 5.44. The van der Waals surface area contributed by atoms with Crippen molar-refractivity contribution in [3.8, 4) is 0 Å². The zero-order chi connectivity index (χ0) is 20.6. The maximum atomic E-state index is 13.2. The number of nitrogens with one attached hydrogen (secondary N) is 2. The lowest BCUT2D eigenvalue weighted by Gasteiger charge is -2.33. The van der Waals surface area contributed by atoms with Crippen LogP contribution in [0.15, 0.2) is 42.5 Å². The van der Waals surface area contributed by atoms with E-state index in [1.165, 1.54) is 0 Å². The van der Waals surface area contributed by atoms with E-state index in [1.807, 2.05) is 24.3 Å². The first-order chi connectivity index (χ1) is 13.9. The molecule has 29 heavy (non-hydrogen) atoms. The van der Waals surface area contributed by atoms with Crippen LogP contribution in [0.2, 0.25) is 10.0 Å². The van der Waals surface area contributed by atoms with Crippen LogP contribution in [0.25, 0.3) is 0 Å². The van der Waals surface area contributed by atoms with Crippen LogP contribution >= 0.6 is 23.2 Å². The molecule has 1 saturated heterocycles. The molecule has 150 valence electrons. The Hall–Kier alpha value is -2.57. The van der Waals surface area contributed by atoms with Gasteiger partial charge in [0.1, 0.15) is 12.1 Å². The van der Waals surface area contributed by atoms with E-state index in [2.05, 4.69) is 10.6 Å². The highest BCUT2D eigenvalue weighted by atomic mass is 35.5. The van der Waals surface area contributed by atoms with Gasteiger partial charge in [-0.2, -0.15) is 0 Å². The molecule has 6 nitrogen and oxygen atoms in total. The first-order valence-electron chi connectivity index (χ1n) is 9.34. The minimum absolute atomic E-state index is 0.173. The second kappa shape index (κ2) is 7.69. The van der Waals surface area contributed by atoms with Crippen molar-refractivity contribution < 1.29 is 14.4 Å². The molecule has 1 aliphatic heterocycles. The van der Waals surface area contributed by atoms with Gasteiger partial charge in [0.05, 0.1) is 0 Å². The molecule has 1 atom stereocenters. The van der Waals surface area contributed by atoms with Gasteiger partial charge in [0, 0.05) is 16.6 Å². The van der Waals surface area contributed by atoms with E-state index in [-0.39, 0.29) is 19.0 Å². The van der Waals surface area contributed by atoms with Crippen LogP contribution in [0.5, 0.6) is 0 Å². The Morgan fingerprint density at radius 3 is 2.76 bits per heavy atom. The van der Waals surface area contributed by atoms with E-state index in [4.69, 9.17) is 23.2 Å². The summed E-state index contributed by atoms with van der Waals surface area (Å²) >= 11 is 12.0. The molecular weight excluding hydrogens is 413 g/mol. The third kappa shape index (κ3) is 3.58. The summed E-state index contributed by atoms with van der Waals surface area (Å²) in [6.45, 7) is -0.174. The van der Waals surface area contributed by atoms with Gasteiger partial charge < -0.3 is 10.6 Å². The number of nitrogens with zero attached hydrogens (tertiary/aromatic N) is 1. The zero-order valence-electron chi connectivity index (χ0n) is 15.5. The SMILES string of the molecule is O=C(CN1C(=O)N[C@@]2(CCCc3ccccc32)C1=O)NCc1ccc(Cl)cc1Cl. The van der Waals surface area contributed by atoms with Gasteiger partial charge in [0.2, 0.25) is 5.91 Å². The summed E-state index contributed by atoms with van der Waals surface area (Å²) in [5.74, 6) is -0.824. The number of hydrogen-bond acceptors (Lipinski definition) is 3. The average Bonchev–Trinajstić information content (AvgIpc) is 2.92. The van der Waals surface area contributed by atoms with Crippen LogP contribution in [0.1, 0.15) is 29.5 Å². The molecular formula is C21H19Cl2N3O3. The quantitative estimate of drug-likeness (QED) is 0.728. The number of amides is 4. The summed E-state index contributed by atoms with van der Waals surface area (Å²) in [4.78, 5) is 39.1. The molecule has 1 fully saturated rings. The lowest BCUT2D eigenvalue weighted by atomic mass is 9.76. The molecule has 8 heteroatoms. The van der Waals surface area contributed by atoms with Crippen LogP contribution in [0.4, 0.5) is 4.79 Å². The number of aryl methyl sites for hydroxylation is 1. The average molecular weight is 432 g/mol. The standard InChI is InChI=1S/C21H19Cl2N3O3/c22-15-8-7-14(17(23)10-15)11-24-18(27)12-26-19(28)21(25-20(26)29)9-3-5-13-4-1-2-6-16(13)21/h1-2,4,6-8,10H,3,5,9,11-12H2,(H,24,27)(H,25,29)/t21-/m1/s1. The number of carbonyl (C=O) groups is 3. The number of benzene rings is 2. The lowest BCUT2D eigenvalue weighted by Crippen LogP contribution is -2.47. The van der Waals surface area contributed by atoms with Crippen molar-refractivity contribution in [2.45, 2.75) is 31.3 Å². The summed E-state index contributed by atoms with van der Waals surface area (Å²) in [5, 5.41) is 6.48. The molecule has 0 radical (unpaired) electrons. The van der Waals surface area contributed by atoms with E-state index in [9.17, 15) is 14.4 Å². The summed E-state index contributed by atoms with van der Waals surface area (Å²) in [7, 11) is 0. The van der Waals surface area contributed by atoms with Crippen molar-refractivity contribution in [2.24, 2.45) is 0 Å². The molecule has 2 N–H and O–H groups in total. The van der Waals surface area contributed by atoms with Gasteiger partial charge in [0.25, 0.3) is 5.91 Å². The third-order valence-corrected chi connectivity index (χ3v) is 6.03. The highest BCUT2D eigenvalue weighted by Crippen LogP contribution is 2.39. The van der Waals surface area contributed by atoms with Crippen LogP contribution < -0.4 is 10.6 Å². The van der Waals surface area contributed by atoms with Crippen LogP contribution in [-0.4, -0.2) is 29.3 Å². The summed E-state index contributed by atoms with van der Waals surface area (Å²) < 4.78 is 0. The van der Waals surface area contributed by atoms with Gasteiger partial charge in [-0.25, -0.2) is 4.79 Å². The molecule has 0 unspecified atom stereocenters. The fourth-order valence-corrected chi connectivity index (χ4v) is 4.49. The Morgan fingerprint density at radius 1 is 1.17 bits per heavy atom. The van der Waals surface area contributed by atoms with E-state index < -0.39 is 17.5 Å². The van der Waals surface area contributed by atoms with Crippen molar-refractivity contribution in [2.75, 3.05) is 6.54 Å². The van der Waals surface area contributed by atoms with E-state index >= 15 is 0 Å². The van der Waals surface area contributed by atoms with Gasteiger partial charge in [-0.1, -0.05) is 53.5 Å². The van der Waals surface area contributed by atoms with E-state index in [0.717, 1.165) is 28.9 Å². The monoisotopic (exact) mass is 431 g/mol. The smallest absolute Gasteiger partial charge is 0.325 e. The molecule has 1 spiro atoms. The summed E-state index contributed by atoms with van der Waals surface area (Å²) in [6, 6.07) is 12.1. The predicted molar refractivity (Wildman–Crippen MR) is 110 cm³/mol. The molecule has 2 aromatic rings. The van der Waals surface area contributed by atoms with Gasteiger partial charge in [-0.15, -0.1) is 0 Å². The number of carbonyl (C=O) groups excluding carboxylic acids is 3. The Labute approximate surface area is 178 Å². The van der Waals surface area contributed by atoms with Crippen LogP contribution in [-0.2, 0) is 28.1 Å². The Kier molecular flexibility index (Phi) is 5.23. The largest absolute Gasteiger partial charge is 0.350 e. The number of hydrogen-bond donors (Lipinski definition) is 2. The number of halogens is 2. The summed E-state index contributed by atoms with van der Waals surface area (Å²) in [6.07, 6.45) is 2.18. The topological polar surface area (TPSA) is 78.5 Å². The van der Waals surface area contributed by atoms with Gasteiger partial charge in [-0.3, -0.25) is 14.5 Å². The normalized spacial score (nSPS) is 20.6. The highest BCUT2D eigenvalue weighted by Gasteiger charge is 2.54. The second-order valence-electron chi connectivity index (χ2n) is 7.25. The first-order valence-corrected chi connectivity index (χ1v) is 10.1. The number of fused-ring (bicyclic) bond motifs is 2. The minimum Gasteiger partial charge on any atom is -0.350 e. The Bertz CT molecular complexity index is 1010. The van der Waals surface area contributed by atoms with Crippen molar-refractivity contribution in [1.29, 1.82) is 0 Å². The number of imide groups is 1. The lowest BCUT2D eigenvalue weighted by molar-refractivity contribution is -0.135. The highest BCUT2D eigenvalue weighted by molar-refractivity contribution is 6.35. The Morgan fingerprint density at radius 2 is 1.97 bits per heavy atom. The molecule has 4 amide bonds. The predicted octanol–water partition coefficient (Wildman–Crippen LogP) is 3.39. The molecule has 1 aliphatic carbocycles. The van der Waals surface area contributed by atoms with Gasteiger partial charge >= 0.3 is 6.03 Å². The molecule has 4 rings (SSSR count). The Balaban J connectivity index is 1.47.